The second-order valence-corrected chi connectivity index (χ2v) is 9.77. The topological polar surface area (TPSA) is 92.5 Å². The maximum Gasteiger partial charge on any atom is 0.252 e. The molecule has 1 aromatic carbocycles. The van der Waals surface area contributed by atoms with E-state index < -0.39 is 9.84 Å². The normalized spacial score (nSPS) is 15.6. The molecular weight excluding hydrogens is 388 g/mol. The quantitative estimate of drug-likeness (QED) is 0.663. The van der Waals surface area contributed by atoms with Gasteiger partial charge in [0.25, 0.3) is 5.16 Å². The third kappa shape index (κ3) is 3.66. The van der Waals surface area contributed by atoms with Crippen molar-refractivity contribution >= 4 is 27.1 Å². The van der Waals surface area contributed by atoms with E-state index in [-0.39, 0.29) is 17.1 Å². The van der Waals surface area contributed by atoms with Gasteiger partial charge in [-0.15, -0.1) is 0 Å². The lowest BCUT2D eigenvalue weighted by atomic mass is 10.0. The van der Waals surface area contributed by atoms with Gasteiger partial charge in [-0.3, -0.25) is 0 Å². The van der Waals surface area contributed by atoms with Gasteiger partial charge in [-0.1, -0.05) is 32.0 Å². The number of hydrogen-bond donors (Lipinski definition) is 1. The van der Waals surface area contributed by atoms with Crippen molar-refractivity contribution in [2.45, 2.75) is 44.3 Å². The molecule has 0 aliphatic carbocycles. The molecule has 1 aliphatic heterocycles. The minimum Gasteiger partial charge on any atom is -0.371 e. The van der Waals surface area contributed by atoms with Gasteiger partial charge < -0.3 is 10.2 Å². The number of anilines is 2. The molecular formula is C20H26N6O2S. The Balaban J connectivity index is 1.78. The van der Waals surface area contributed by atoms with Crippen molar-refractivity contribution in [2.24, 2.45) is 0 Å². The molecule has 3 aromatic rings. The van der Waals surface area contributed by atoms with Crippen LogP contribution < -0.4 is 10.2 Å². The van der Waals surface area contributed by atoms with Crippen LogP contribution in [0.3, 0.4) is 0 Å². The van der Waals surface area contributed by atoms with Crippen LogP contribution >= 0.6 is 0 Å². The van der Waals surface area contributed by atoms with Crippen LogP contribution in [0.25, 0.3) is 5.65 Å². The van der Waals surface area contributed by atoms with Crippen LogP contribution in [0.1, 0.15) is 50.3 Å². The Hall–Kier alpha value is -2.68. The van der Waals surface area contributed by atoms with Gasteiger partial charge >= 0.3 is 0 Å². The van der Waals surface area contributed by atoms with Crippen molar-refractivity contribution in [3.8, 4) is 0 Å². The van der Waals surface area contributed by atoms with E-state index in [1.807, 2.05) is 32.9 Å². The minimum absolute atomic E-state index is 0.0935. The molecule has 1 unspecified atom stereocenters. The molecule has 1 atom stereocenters. The SMILES string of the molecule is CC(C)c1cnn2c(NC(C)c3ccccc3N3CCC3)nc(S(C)(=O)=O)nc12. The van der Waals surface area contributed by atoms with Crippen molar-refractivity contribution in [1.82, 2.24) is 19.6 Å². The van der Waals surface area contributed by atoms with Gasteiger partial charge in [-0.2, -0.15) is 19.6 Å². The van der Waals surface area contributed by atoms with Crippen molar-refractivity contribution in [1.29, 1.82) is 0 Å². The first-order valence-electron chi connectivity index (χ1n) is 9.82. The zero-order valence-electron chi connectivity index (χ0n) is 17.1. The summed E-state index contributed by atoms with van der Waals surface area (Å²) in [7, 11) is -3.57. The summed E-state index contributed by atoms with van der Waals surface area (Å²) in [5, 5.41) is 7.59. The number of nitrogens with zero attached hydrogens (tertiary/aromatic N) is 5. The maximum absolute atomic E-state index is 12.2. The smallest absolute Gasteiger partial charge is 0.252 e. The Morgan fingerprint density at radius 2 is 1.79 bits per heavy atom. The van der Waals surface area contributed by atoms with Gasteiger partial charge in [0, 0.05) is 30.6 Å². The molecule has 4 rings (SSSR count). The van der Waals surface area contributed by atoms with Crippen LogP contribution in [0.15, 0.2) is 35.6 Å². The highest BCUT2D eigenvalue weighted by molar-refractivity contribution is 7.90. The zero-order chi connectivity index (χ0) is 20.8. The Kier molecular flexibility index (Phi) is 4.94. The predicted molar refractivity (Wildman–Crippen MR) is 113 cm³/mol. The number of nitrogens with one attached hydrogen (secondary N) is 1. The Morgan fingerprint density at radius 3 is 2.41 bits per heavy atom. The highest BCUT2D eigenvalue weighted by Crippen LogP contribution is 2.31. The van der Waals surface area contributed by atoms with Crippen molar-refractivity contribution < 1.29 is 8.42 Å². The fraction of sp³-hybridized carbons (Fsp3) is 0.450. The average molecular weight is 415 g/mol. The molecule has 1 aliphatic rings. The lowest BCUT2D eigenvalue weighted by Gasteiger charge is -2.36. The highest BCUT2D eigenvalue weighted by atomic mass is 32.2. The fourth-order valence-electron chi connectivity index (χ4n) is 3.51. The summed E-state index contributed by atoms with van der Waals surface area (Å²) in [4.78, 5) is 10.9. The second-order valence-electron chi connectivity index (χ2n) is 7.86. The molecule has 29 heavy (non-hydrogen) atoms. The lowest BCUT2D eigenvalue weighted by Crippen LogP contribution is -2.38. The molecule has 0 spiro atoms. The van der Waals surface area contributed by atoms with Crippen molar-refractivity contribution in [3.63, 3.8) is 0 Å². The van der Waals surface area contributed by atoms with E-state index in [1.54, 1.807) is 10.7 Å². The molecule has 0 amide bonds. The molecule has 3 heterocycles. The van der Waals surface area contributed by atoms with Gasteiger partial charge in [0.15, 0.2) is 5.65 Å². The summed E-state index contributed by atoms with van der Waals surface area (Å²) in [5.74, 6) is 0.528. The van der Waals surface area contributed by atoms with Crippen LogP contribution in [-0.4, -0.2) is 47.3 Å². The van der Waals surface area contributed by atoms with E-state index in [1.165, 1.54) is 12.1 Å². The van der Waals surface area contributed by atoms with E-state index in [2.05, 4.69) is 37.4 Å². The monoisotopic (exact) mass is 414 g/mol. The number of rotatable bonds is 6. The van der Waals surface area contributed by atoms with Crippen LogP contribution in [0, 0.1) is 0 Å². The van der Waals surface area contributed by atoms with Crippen molar-refractivity contribution in [2.75, 3.05) is 29.6 Å². The minimum atomic E-state index is -3.57. The molecule has 0 radical (unpaired) electrons. The number of para-hydroxylation sites is 1. The summed E-state index contributed by atoms with van der Waals surface area (Å²) in [6.45, 7) is 8.20. The van der Waals surface area contributed by atoms with E-state index >= 15 is 0 Å². The van der Waals surface area contributed by atoms with E-state index in [0.29, 0.717) is 11.6 Å². The number of aromatic nitrogens is 4. The van der Waals surface area contributed by atoms with Crippen LogP contribution in [0.4, 0.5) is 11.6 Å². The first-order valence-corrected chi connectivity index (χ1v) is 11.7. The molecule has 1 N–H and O–H groups in total. The second kappa shape index (κ2) is 7.29. The van der Waals surface area contributed by atoms with E-state index in [0.717, 1.165) is 30.5 Å². The molecule has 2 aromatic heterocycles. The molecule has 1 fully saturated rings. The molecule has 154 valence electrons. The van der Waals surface area contributed by atoms with E-state index in [4.69, 9.17) is 0 Å². The predicted octanol–water partition coefficient (Wildman–Crippen LogP) is 3.03. The molecule has 9 heteroatoms. The number of hydrogen-bond acceptors (Lipinski definition) is 7. The Labute approximate surface area is 170 Å². The summed E-state index contributed by atoms with van der Waals surface area (Å²) >= 11 is 0. The highest BCUT2D eigenvalue weighted by Gasteiger charge is 2.23. The molecule has 0 bridgehead atoms. The number of fused-ring (bicyclic) bond motifs is 1. The molecule has 0 saturated carbocycles. The van der Waals surface area contributed by atoms with Crippen LogP contribution in [0.2, 0.25) is 0 Å². The fourth-order valence-corrected chi connectivity index (χ4v) is 4.02. The standard InChI is InChI=1S/C20H26N6O2S/c1-13(2)16-12-21-26-18(16)23-20(29(4,27)28)24-19(26)22-14(3)15-8-5-6-9-17(15)25-10-7-11-25/h5-6,8-9,12-14H,7,10-11H2,1-4H3,(H,22,23,24). The van der Waals surface area contributed by atoms with Crippen molar-refractivity contribution in [3.05, 3.63) is 41.6 Å². The van der Waals surface area contributed by atoms with Gasteiger partial charge in [0.2, 0.25) is 15.8 Å². The molecule has 8 nitrogen and oxygen atoms in total. The summed E-state index contributed by atoms with van der Waals surface area (Å²) in [6, 6.07) is 8.17. The van der Waals surface area contributed by atoms with Gasteiger partial charge in [-0.25, -0.2) is 8.42 Å². The summed E-state index contributed by atoms with van der Waals surface area (Å²) in [6.07, 6.45) is 4.05. The average Bonchev–Trinajstić information content (AvgIpc) is 3.04. The number of benzene rings is 1. The first kappa shape index (κ1) is 19.6. The van der Waals surface area contributed by atoms with Gasteiger partial charge in [0.1, 0.15) is 0 Å². The number of sulfone groups is 1. The zero-order valence-corrected chi connectivity index (χ0v) is 17.9. The summed E-state index contributed by atoms with van der Waals surface area (Å²) in [5.41, 5.74) is 3.72. The first-order chi connectivity index (χ1) is 13.8. The van der Waals surface area contributed by atoms with Crippen LogP contribution in [-0.2, 0) is 9.84 Å². The molecule has 1 saturated heterocycles. The largest absolute Gasteiger partial charge is 0.371 e. The van der Waals surface area contributed by atoms with Gasteiger partial charge in [-0.05, 0) is 30.9 Å². The third-order valence-corrected chi connectivity index (χ3v) is 6.12. The van der Waals surface area contributed by atoms with E-state index in [9.17, 15) is 8.42 Å². The van der Waals surface area contributed by atoms with Crippen LogP contribution in [0.5, 0.6) is 0 Å². The lowest BCUT2D eigenvalue weighted by molar-refractivity contribution is 0.591. The third-order valence-electron chi connectivity index (χ3n) is 5.27. The maximum atomic E-state index is 12.2. The summed E-state index contributed by atoms with van der Waals surface area (Å²) < 4.78 is 26.0. The Morgan fingerprint density at radius 1 is 1.07 bits per heavy atom. The Bertz CT molecular complexity index is 1150. The van der Waals surface area contributed by atoms with Gasteiger partial charge in [0.05, 0.1) is 12.2 Å².